The summed E-state index contributed by atoms with van der Waals surface area (Å²) < 4.78 is 6.52. The molecule has 0 fully saturated rings. The van der Waals surface area contributed by atoms with Gasteiger partial charge in [-0.25, -0.2) is 4.79 Å². The van der Waals surface area contributed by atoms with Gasteiger partial charge in [0.05, 0.1) is 18.5 Å². The number of aromatic amines is 2. The lowest BCUT2D eigenvalue weighted by Crippen LogP contribution is -2.35. The van der Waals surface area contributed by atoms with Crippen LogP contribution in [0, 0.1) is 20.8 Å². The van der Waals surface area contributed by atoms with Gasteiger partial charge in [0, 0.05) is 28.4 Å². The van der Waals surface area contributed by atoms with E-state index in [0.717, 1.165) is 32.6 Å². The van der Waals surface area contributed by atoms with Crippen molar-refractivity contribution in [2.24, 2.45) is 0 Å². The quantitative estimate of drug-likeness (QED) is 0.465. The Morgan fingerprint density at radius 2 is 1.84 bits per heavy atom. The predicted molar refractivity (Wildman–Crippen MR) is 128 cm³/mol. The van der Waals surface area contributed by atoms with Gasteiger partial charge in [-0.15, -0.1) is 11.3 Å². The second kappa shape index (κ2) is 8.63. The van der Waals surface area contributed by atoms with Gasteiger partial charge in [0.2, 0.25) is 5.43 Å². The van der Waals surface area contributed by atoms with E-state index in [0.29, 0.717) is 22.5 Å². The lowest BCUT2D eigenvalue weighted by atomic mass is 9.99. The van der Waals surface area contributed by atoms with Crippen LogP contribution in [0.3, 0.4) is 0 Å². The van der Waals surface area contributed by atoms with Gasteiger partial charge in [-0.05, 0) is 43.9 Å². The van der Waals surface area contributed by atoms with Crippen molar-refractivity contribution >= 4 is 21.6 Å². The van der Waals surface area contributed by atoms with Gasteiger partial charge in [-0.2, -0.15) is 0 Å². The first kappa shape index (κ1) is 21.8. The number of hydrogen-bond donors (Lipinski definition) is 2. The van der Waals surface area contributed by atoms with Crippen LogP contribution < -0.4 is 21.4 Å². The number of thiophene rings is 1. The third-order valence-corrected chi connectivity index (χ3v) is 6.55. The summed E-state index contributed by atoms with van der Waals surface area (Å²) in [5.74, 6) is 0.220. The average Bonchev–Trinajstić information content (AvgIpc) is 3.08. The zero-order valence-corrected chi connectivity index (χ0v) is 19.3. The van der Waals surface area contributed by atoms with Crippen molar-refractivity contribution in [2.45, 2.75) is 40.7 Å². The van der Waals surface area contributed by atoms with Crippen molar-refractivity contribution in [3.05, 3.63) is 83.2 Å². The second-order valence-electron chi connectivity index (χ2n) is 7.89. The summed E-state index contributed by atoms with van der Waals surface area (Å²) >= 11 is 1.40. The number of nitrogens with one attached hydrogen (secondary N) is 2. The Morgan fingerprint density at radius 1 is 1.06 bits per heavy atom. The molecular formula is C24H25N3O4S. The van der Waals surface area contributed by atoms with E-state index in [4.69, 9.17) is 4.74 Å². The number of aryl methyl sites for hydroxylation is 3. The molecule has 0 saturated carbocycles. The van der Waals surface area contributed by atoms with Crippen LogP contribution >= 0.6 is 11.3 Å². The Balaban J connectivity index is 1.82. The molecule has 0 saturated heterocycles. The van der Waals surface area contributed by atoms with Gasteiger partial charge in [-0.1, -0.05) is 25.1 Å². The third-order valence-electron chi connectivity index (χ3n) is 5.53. The summed E-state index contributed by atoms with van der Waals surface area (Å²) in [5.41, 5.74) is 3.35. The highest BCUT2D eigenvalue weighted by molar-refractivity contribution is 7.19. The summed E-state index contributed by atoms with van der Waals surface area (Å²) in [6.07, 6.45) is 2.26. The van der Waals surface area contributed by atoms with Gasteiger partial charge in [0.25, 0.3) is 5.56 Å². The Labute approximate surface area is 188 Å². The van der Waals surface area contributed by atoms with Crippen LogP contribution in [0.4, 0.5) is 0 Å². The van der Waals surface area contributed by atoms with E-state index < -0.39 is 5.69 Å². The molecule has 0 aliphatic carbocycles. The smallest absolute Gasteiger partial charge is 0.329 e. The van der Waals surface area contributed by atoms with Crippen molar-refractivity contribution in [1.29, 1.82) is 0 Å². The summed E-state index contributed by atoms with van der Waals surface area (Å²) in [5, 5.41) is 0.487. The molecular weight excluding hydrogens is 426 g/mol. The monoisotopic (exact) mass is 451 g/mol. The molecule has 1 aromatic carbocycles. The molecule has 4 aromatic rings. The van der Waals surface area contributed by atoms with Crippen LogP contribution in [0.1, 0.15) is 35.0 Å². The molecule has 32 heavy (non-hydrogen) atoms. The number of H-pyrrole nitrogens is 2. The summed E-state index contributed by atoms with van der Waals surface area (Å²) in [6.45, 7) is 8.37. The number of benzene rings is 1. The van der Waals surface area contributed by atoms with Crippen LogP contribution in [-0.4, -0.2) is 21.1 Å². The maximum atomic E-state index is 13.4. The minimum atomic E-state index is -0.512. The van der Waals surface area contributed by atoms with Crippen molar-refractivity contribution in [3.63, 3.8) is 0 Å². The van der Waals surface area contributed by atoms with Gasteiger partial charge in [-0.3, -0.25) is 19.1 Å². The molecule has 0 aliphatic heterocycles. The number of hydrogen-bond acceptors (Lipinski definition) is 5. The molecule has 0 unspecified atom stereocenters. The summed E-state index contributed by atoms with van der Waals surface area (Å²) in [6, 6.07) is 7.46. The number of aromatic nitrogens is 3. The first-order valence-corrected chi connectivity index (χ1v) is 11.3. The molecule has 3 heterocycles. The summed E-state index contributed by atoms with van der Waals surface area (Å²) in [4.78, 5) is 45.8. The van der Waals surface area contributed by atoms with E-state index in [1.807, 2.05) is 39.8 Å². The Bertz CT molecular complexity index is 1490. The van der Waals surface area contributed by atoms with Crippen LogP contribution in [-0.2, 0) is 6.54 Å². The van der Waals surface area contributed by atoms with Crippen molar-refractivity contribution in [1.82, 2.24) is 14.5 Å². The standard InChI is InChI=1S/C24H25N3O4S/c1-5-8-31-19-11-25-17(10-18(19)28)12-27-23(29)21-20(15(4)32-22(21)26-24(27)30)16-7-6-13(2)14(3)9-16/h6-7,9-11H,5,8,12H2,1-4H3,(H,25,28)(H,26,30). The third kappa shape index (κ3) is 3.93. The van der Waals surface area contributed by atoms with E-state index in [1.165, 1.54) is 29.2 Å². The maximum absolute atomic E-state index is 13.4. The largest absolute Gasteiger partial charge is 0.488 e. The zero-order valence-electron chi connectivity index (χ0n) is 18.5. The highest BCUT2D eigenvalue weighted by atomic mass is 32.1. The number of rotatable bonds is 6. The maximum Gasteiger partial charge on any atom is 0.329 e. The first-order chi connectivity index (χ1) is 15.3. The number of ether oxygens (including phenoxy) is 1. The number of pyridine rings is 1. The molecule has 0 atom stereocenters. The van der Waals surface area contributed by atoms with Crippen LogP contribution in [0.2, 0.25) is 0 Å². The molecule has 7 nitrogen and oxygen atoms in total. The lowest BCUT2D eigenvalue weighted by molar-refractivity contribution is 0.313. The Kier molecular flexibility index (Phi) is 5.88. The fraction of sp³-hybridized carbons (Fsp3) is 0.292. The van der Waals surface area contributed by atoms with E-state index >= 15 is 0 Å². The fourth-order valence-electron chi connectivity index (χ4n) is 3.70. The topological polar surface area (TPSA) is 96.9 Å². The van der Waals surface area contributed by atoms with Gasteiger partial charge >= 0.3 is 5.69 Å². The normalized spacial score (nSPS) is 11.2. The van der Waals surface area contributed by atoms with E-state index in [1.54, 1.807) is 0 Å². The molecule has 0 amide bonds. The van der Waals surface area contributed by atoms with E-state index in [2.05, 4.69) is 16.0 Å². The zero-order chi connectivity index (χ0) is 23.0. The average molecular weight is 452 g/mol. The fourth-order valence-corrected chi connectivity index (χ4v) is 4.76. The molecule has 166 valence electrons. The highest BCUT2D eigenvalue weighted by Crippen LogP contribution is 2.35. The molecule has 8 heteroatoms. The van der Waals surface area contributed by atoms with E-state index in [-0.39, 0.29) is 23.3 Å². The van der Waals surface area contributed by atoms with Crippen LogP contribution in [0.5, 0.6) is 5.75 Å². The SMILES string of the molecule is CCCOc1c[nH]c(Cn2c(=O)[nH]c3sc(C)c(-c4ccc(C)c(C)c4)c3c2=O)cc1=O. The molecule has 0 bridgehead atoms. The Morgan fingerprint density at radius 3 is 2.53 bits per heavy atom. The van der Waals surface area contributed by atoms with Crippen molar-refractivity contribution in [3.8, 4) is 16.9 Å². The summed E-state index contributed by atoms with van der Waals surface area (Å²) in [7, 11) is 0. The van der Waals surface area contributed by atoms with E-state index in [9.17, 15) is 14.4 Å². The van der Waals surface area contributed by atoms with Crippen LogP contribution in [0.15, 0.2) is 44.8 Å². The lowest BCUT2D eigenvalue weighted by Gasteiger charge is -2.09. The van der Waals surface area contributed by atoms with Gasteiger partial charge in [0.1, 0.15) is 4.83 Å². The van der Waals surface area contributed by atoms with Crippen molar-refractivity contribution in [2.75, 3.05) is 6.61 Å². The second-order valence-corrected chi connectivity index (χ2v) is 9.12. The molecule has 4 rings (SSSR count). The minimum Gasteiger partial charge on any atom is -0.488 e. The molecule has 0 radical (unpaired) electrons. The predicted octanol–water partition coefficient (Wildman–Crippen LogP) is 3.87. The van der Waals surface area contributed by atoms with Crippen molar-refractivity contribution < 1.29 is 4.74 Å². The molecule has 3 aromatic heterocycles. The highest BCUT2D eigenvalue weighted by Gasteiger charge is 2.19. The molecule has 0 aliphatic rings. The van der Waals surface area contributed by atoms with Crippen LogP contribution in [0.25, 0.3) is 21.3 Å². The molecule has 2 N–H and O–H groups in total. The van der Waals surface area contributed by atoms with Gasteiger partial charge < -0.3 is 9.72 Å². The number of nitrogens with zero attached hydrogens (tertiary/aromatic N) is 1. The number of fused-ring (bicyclic) bond motifs is 1. The Hall–Kier alpha value is -3.39. The first-order valence-electron chi connectivity index (χ1n) is 10.5. The minimum absolute atomic E-state index is 0.0470. The van der Waals surface area contributed by atoms with Gasteiger partial charge in [0.15, 0.2) is 5.75 Å². The molecule has 0 spiro atoms.